The van der Waals surface area contributed by atoms with E-state index in [0.717, 1.165) is 0 Å². The monoisotopic (exact) mass is 456 g/mol. The molecule has 2 fully saturated rings. The zero-order valence-electron chi connectivity index (χ0n) is 23.4. The van der Waals surface area contributed by atoms with Crippen LogP contribution >= 0.6 is 0 Å². The smallest absolute Gasteiger partial charge is 0.0745 e. The standard InChI is InChI=1S/2C14H28O2/c2*1-10-7-8-13(3,4)12(14(10,5)6)16-9-11(2)15/h2*10-12,15H,7-9H2,1-6H3/t2*10-,11?,12+/m10/s1. The van der Waals surface area contributed by atoms with Crippen molar-refractivity contribution in [1.29, 1.82) is 0 Å². The van der Waals surface area contributed by atoms with Crippen LogP contribution in [0.2, 0.25) is 0 Å². The highest BCUT2D eigenvalue weighted by Crippen LogP contribution is 2.51. The van der Waals surface area contributed by atoms with E-state index in [2.05, 4.69) is 69.2 Å². The molecule has 0 spiro atoms. The van der Waals surface area contributed by atoms with Gasteiger partial charge in [-0.15, -0.1) is 0 Å². The predicted molar refractivity (Wildman–Crippen MR) is 135 cm³/mol. The number of hydrogen-bond acceptors (Lipinski definition) is 4. The minimum Gasteiger partial charge on any atom is -0.391 e. The van der Waals surface area contributed by atoms with Crippen molar-refractivity contribution in [3.8, 4) is 0 Å². The molecule has 0 aromatic heterocycles. The van der Waals surface area contributed by atoms with E-state index in [-0.39, 0.29) is 46.1 Å². The van der Waals surface area contributed by atoms with Gasteiger partial charge in [-0.2, -0.15) is 0 Å². The van der Waals surface area contributed by atoms with Crippen LogP contribution in [0.15, 0.2) is 0 Å². The third-order valence-electron chi connectivity index (χ3n) is 8.76. The lowest BCUT2D eigenvalue weighted by molar-refractivity contribution is -0.154. The first-order valence-electron chi connectivity index (χ1n) is 12.9. The summed E-state index contributed by atoms with van der Waals surface area (Å²) >= 11 is 0. The van der Waals surface area contributed by atoms with Crippen molar-refractivity contribution in [2.24, 2.45) is 33.5 Å². The summed E-state index contributed by atoms with van der Waals surface area (Å²) in [6.07, 6.45) is 4.69. The average molecular weight is 457 g/mol. The van der Waals surface area contributed by atoms with Gasteiger partial charge in [0, 0.05) is 0 Å². The Labute approximate surface area is 199 Å². The van der Waals surface area contributed by atoms with Crippen molar-refractivity contribution in [1.82, 2.24) is 0 Å². The van der Waals surface area contributed by atoms with E-state index in [0.29, 0.717) is 25.0 Å². The zero-order valence-corrected chi connectivity index (χ0v) is 23.4. The summed E-state index contributed by atoms with van der Waals surface area (Å²) in [7, 11) is 0. The van der Waals surface area contributed by atoms with Gasteiger partial charge >= 0.3 is 0 Å². The van der Waals surface area contributed by atoms with Gasteiger partial charge in [0.15, 0.2) is 0 Å². The van der Waals surface area contributed by atoms with Crippen LogP contribution in [0.5, 0.6) is 0 Å². The molecule has 4 heteroatoms. The largest absolute Gasteiger partial charge is 0.391 e. The van der Waals surface area contributed by atoms with Crippen LogP contribution in [0.4, 0.5) is 0 Å². The number of hydrogen-bond donors (Lipinski definition) is 2. The second kappa shape index (κ2) is 11.1. The van der Waals surface area contributed by atoms with E-state index in [1.807, 2.05) is 0 Å². The molecular formula is C28H56O4. The molecule has 2 aliphatic rings. The fourth-order valence-electron chi connectivity index (χ4n) is 6.07. The molecule has 0 radical (unpaired) electrons. The summed E-state index contributed by atoms with van der Waals surface area (Å²) in [5.41, 5.74) is 0.809. The zero-order chi connectivity index (χ0) is 25.1. The molecule has 2 aliphatic carbocycles. The third kappa shape index (κ3) is 7.42. The maximum Gasteiger partial charge on any atom is 0.0745 e. The van der Waals surface area contributed by atoms with Crippen LogP contribution in [-0.4, -0.2) is 47.8 Å². The highest BCUT2D eigenvalue weighted by molar-refractivity contribution is 4.98. The molecule has 4 nitrogen and oxygen atoms in total. The maximum atomic E-state index is 9.36. The molecule has 0 amide bonds. The first-order chi connectivity index (χ1) is 14.4. The Morgan fingerprint density at radius 1 is 0.656 bits per heavy atom. The Morgan fingerprint density at radius 2 is 0.938 bits per heavy atom. The molecule has 0 aliphatic heterocycles. The highest BCUT2D eigenvalue weighted by atomic mass is 16.5. The number of ether oxygens (including phenoxy) is 2. The Balaban J connectivity index is 0.000000320. The van der Waals surface area contributed by atoms with Crippen molar-refractivity contribution in [2.75, 3.05) is 13.2 Å². The summed E-state index contributed by atoms with van der Waals surface area (Å²) in [6.45, 7) is 27.4. The van der Waals surface area contributed by atoms with E-state index in [9.17, 15) is 10.2 Å². The van der Waals surface area contributed by atoms with E-state index >= 15 is 0 Å². The molecular weight excluding hydrogens is 400 g/mol. The van der Waals surface area contributed by atoms with Crippen molar-refractivity contribution >= 4 is 0 Å². The fourth-order valence-corrected chi connectivity index (χ4v) is 6.07. The van der Waals surface area contributed by atoms with Crippen molar-refractivity contribution < 1.29 is 19.7 Å². The molecule has 192 valence electrons. The van der Waals surface area contributed by atoms with E-state index in [4.69, 9.17) is 9.47 Å². The Hall–Kier alpha value is -0.160. The van der Waals surface area contributed by atoms with Gasteiger partial charge < -0.3 is 19.7 Å². The lowest BCUT2D eigenvalue weighted by Crippen LogP contribution is -2.51. The van der Waals surface area contributed by atoms with Gasteiger partial charge in [-0.25, -0.2) is 0 Å². The number of aliphatic hydroxyl groups excluding tert-OH is 2. The molecule has 0 bridgehead atoms. The van der Waals surface area contributed by atoms with Crippen LogP contribution in [0.25, 0.3) is 0 Å². The molecule has 2 saturated carbocycles. The summed E-state index contributed by atoms with van der Waals surface area (Å²) in [4.78, 5) is 0. The Bertz CT molecular complexity index is 512. The molecule has 0 saturated heterocycles. The van der Waals surface area contributed by atoms with Crippen LogP contribution in [-0.2, 0) is 9.47 Å². The fraction of sp³-hybridized carbons (Fsp3) is 1.00. The highest BCUT2D eigenvalue weighted by Gasteiger charge is 2.49. The first kappa shape index (κ1) is 29.9. The minimum absolute atomic E-state index is 0.191. The molecule has 6 atom stereocenters. The first-order valence-corrected chi connectivity index (χ1v) is 12.9. The topological polar surface area (TPSA) is 58.9 Å². The molecule has 0 aromatic carbocycles. The molecule has 0 aromatic rings. The molecule has 32 heavy (non-hydrogen) atoms. The van der Waals surface area contributed by atoms with Gasteiger partial charge in [-0.3, -0.25) is 0 Å². The van der Waals surface area contributed by atoms with Gasteiger partial charge in [0.05, 0.1) is 37.6 Å². The van der Waals surface area contributed by atoms with Gasteiger partial charge in [0.1, 0.15) is 0 Å². The van der Waals surface area contributed by atoms with Crippen molar-refractivity contribution in [2.45, 2.75) is 133 Å². The SMILES string of the molecule is CC(O)CO[C@@H]1C(C)(C)CC[C@H](C)C1(C)C.CC(O)CO[C@H]1C(C)(C)CC[C@@H](C)C1(C)C. The second-order valence-corrected chi connectivity index (χ2v) is 13.6. The summed E-state index contributed by atoms with van der Waals surface area (Å²) in [5, 5.41) is 18.7. The van der Waals surface area contributed by atoms with Crippen LogP contribution in [0.1, 0.15) is 109 Å². The summed E-state index contributed by atoms with van der Waals surface area (Å²) in [6, 6.07) is 0. The van der Waals surface area contributed by atoms with Crippen LogP contribution in [0.3, 0.4) is 0 Å². The molecule has 0 heterocycles. The van der Waals surface area contributed by atoms with E-state index < -0.39 is 0 Å². The third-order valence-corrected chi connectivity index (χ3v) is 8.76. The average Bonchev–Trinajstić information content (AvgIpc) is 2.61. The van der Waals surface area contributed by atoms with Crippen LogP contribution in [0, 0.1) is 33.5 Å². The van der Waals surface area contributed by atoms with Crippen LogP contribution < -0.4 is 0 Å². The lowest BCUT2D eigenvalue weighted by Gasteiger charge is -2.52. The summed E-state index contributed by atoms with van der Waals surface area (Å²) in [5.74, 6) is 1.36. The summed E-state index contributed by atoms with van der Waals surface area (Å²) < 4.78 is 12.0. The Kier molecular flexibility index (Phi) is 10.3. The minimum atomic E-state index is -0.371. The second-order valence-electron chi connectivity index (χ2n) is 13.6. The Morgan fingerprint density at radius 3 is 1.19 bits per heavy atom. The maximum absolute atomic E-state index is 9.36. The van der Waals surface area contributed by atoms with Gasteiger partial charge in [-0.05, 0) is 73.0 Å². The van der Waals surface area contributed by atoms with E-state index in [1.165, 1.54) is 25.7 Å². The quantitative estimate of drug-likeness (QED) is 0.481. The van der Waals surface area contributed by atoms with E-state index in [1.54, 1.807) is 13.8 Å². The predicted octanol–water partition coefficient (Wildman–Crippen LogP) is 6.47. The van der Waals surface area contributed by atoms with Gasteiger partial charge in [0.25, 0.3) is 0 Å². The van der Waals surface area contributed by atoms with Crippen molar-refractivity contribution in [3.63, 3.8) is 0 Å². The molecule has 2 N–H and O–H groups in total. The van der Waals surface area contributed by atoms with Gasteiger partial charge in [-0.1, -0.05) is 69.2 Å². The van der Waals surface area contributed by atoms with Gasteiger partial charge in [0.2, 0.25) is 0 Å². The molecule has 2 rings (SSSR count). The lowest BCUT2D eigenvalue weighted by atomic mass is 9.58. The van der Waals surface area contributed by atoms with Crippen molar-refractivity contribution in [3.05, 3.63) is 0 Å². The molecule has 2 unspecified atom stereocenters. The normalized spacial score (nSPS) is 34.7. The number of rotatable bonds is 6. The number of aliphatic hydroxyl groups is 2.